The molecule has 1 atom stereocenters. The first-order chi connectivity index (χ1) is 9.83. The van der Waals surface area contributed by atoms with E-state index in [1.165, 1.54) is 10.8 Å². The molecule has 5 heteroatoms. The Morgan fingerprint density at radius 3 is 2.45 bits per heavy atom. The van der Waals surface area contributed by atoms with Crippen LogP contribution in [-0.2, 0) is 0 Å². The van der Waals surface area contributed by atoms with E-state index in [1.807, 2.05) is 0 Å². The lowest BCUT2D eigenvalue weighted by Crippen LogP contribution is -2.49. The standard InChI is InChI=1S/C17H22N2O.2ClH/c1-14(19-10-8-18-9-11-19)13-20-17-7-6-15-4-2-3-5-16(15)12-17;;/h2-7,12,14,18H,8-11,13H2,1H3;2*1H. The highest BCUT2D eigenvalue weighted by Crippen LogP contribution is 2.20. The minimum atomic E-state index is 0. The fraction of sp³-hybridized carbons (Fsp3) is 0.412. The predicted octanol–water partition coefficient (Wildman–Crippen LogP) is 3.36. The van der Waals surface area contributed by atoms with Crippen molar-refractivity contribution in [1.82, 2.24) is 10.2 Å². The average molecular weight is 343 g/mol. The summed E-state index contributed by atoms with van der Waals surface area (Å²) < 4.78 is 5.97. The Morgan fingerprint density at radius 2 is 1.73 bits per heavy atom. The van der Waals surface area contributed by atoms with Gasteiger partial charge in [0, 0.05) is 32.2 Å². The van der Waals surface area contributed by atoms with E-state index in [-0.39, 0.29) is 24.8 Å². The summed E-state index contributed by atoms with van der Waals surface area (Å²) in [6, 6.07) is 15.2. The monoisotopic (exact) mass is 342 g/mol. The second-order valence-electron chi connectivity index (χ2n) is 5.45. The summed E-state index contributed by atoms with van der Waals surface area (Å²) in [5, 5.41) is 5.88. The Labute approximate surface area is 144 Å². The van der Waals surface area contributed by atoms with Gasteiger partial charge in [-0.3, -0.25) is 4.90 Å². The first kappa shape index (κ1) is 19.0. The zero-order valence-corrected chi connectivity index (χ0v) is 14.5. The lowest BCUT2D eigenvalue weighted by atomic mass is 10.1. The van der Waals surface area contributed by atoms with Crippen molar-refractivity contribution >= 4 is 35.6 Å². The first-order valence-electron chi connectivity index (χ1n) is 7.39. The van der Waals surface area contributed by atoms with E-state index < -0.39 is 0 Å². The van der Waals surface area contributed by atoms with Gasteiger partial charge in [-0.2, -0.15) is 0 Å². The smallest absolute Gasteiger partial charge is 0.120 e. The van der Waals surface area contributed by atoms with Crippen LogP contribution in [0, 0.1) is 0 Å². The van der Waals surface area contributed by atoms with E-state index >= 15 is 0 Å². The summed E-state index contributed by atoms with van der Waals surface area (Å²) in [4.78, 5) is 2.48. The lowest BCUT2D eigenvalue weighted by Gasteiger charge is -2.32. The van der Waals surface area contributed by atoms with Crippen LogP contribution < -0.4 is 10.1 Å². The highest BCUT2D eigenvalue weighted by molar-refractivity contribution is 5.85. The van der Waals surface area contributed by atoms with Crippen LogP contribution >= 0.6 is 24.8 Å². The average Bonchev–Trinajstić information content (AvgIpc) is 2.53. The van der Waals surface area contributed by atoms with E-state index in [0.717, 1.165) is 38.5 Å². The molecule has 2 aromatic rings. The molecule has 0 amide bonds. The number of nitrogens with zero attached hydrogens (tertiary/aromatic N) is 1. The second-order valence-corrected chi connectivity index (χ2v) is 5.45. The first-order valence-corrected chi connectivity index (χ1v) is 7.39. The molecular weight excluding hydrogens is 319 g/mol. The van der Waals surface area contributed by atoms with Gasteiger partial charge in [-0.1, -0.05) is 30.3 Å². The number of benzene rings is 2. The van der Waals surface area contributed by atoms with Gasteiger partial charge in [-0.25, -0.2) is 0 Å². The number of piperazine rings is 1. The summed E-state index contributed by atoms with van der Waals surface area (Å²) in [6.45, 7) is 7.38. The summed E-state index contributed by atoms with van der Waals surface area (Å²) in [6.07, 6.45) is 0. The molecule has 22 heavy (non-hydrogen) atoms. The largest absolute Gasteiger partial charge is 0.492 e. The molecule has 0 aliphatic carbocycles. The van der Waals surface area contributed by atoms with Gasteiger partial charge in [-0.05, 0) is 29.8 Å². The van der Waals surface area contributed by atoms with Crippen LogP contribution in [0.4, 0.5) is 0 Å². The maximum absolute atomic E-state index is 5.97. The molecule has 1 aliphatic heterocycles. The molecule has 3 nitrogen and oxygen atoms in total. The van der Waals surface area contributed by atoms with Gasteiger partial charge in [0.25, 0.3) is 0 Å². The van der Waals surface area contributed by atoms with E-state index in [4.69, 9.17) is 4.74 Å². The molecule has 2 aromatic carbocycles. The third kappa shape index (κ3) is 4.75. The molecular formula is C17H24Cl2N2O. The molecule has 1 heterocycles. The van der Waals surface area contributed by atoms with Gasteiger partial charge in [-0.15, -0.1) is 24.8 Å². The van der Waals surface area contributed by atoms with Gasteiger partial charge in [0.2, 0.25) is 0 Å². The normalized spacial score (nSPS) is 16.4. The minimum Gasteiger partial charge on any atom is -0.492 e. The van der Waals surface area contributed by atoms with Crippen LogP contribution in [0.15, 0.2) is 42.5 Å². The number of ether oxygens (including phenoxy) is 1. The third-order valence-corrected chi connectivity index (χ3v) is 3.99. The van der Waals surface area contributed by atoms with E-state index in [0.29, 0.717) is 6.04 Å². The molecule has 0 bridgehead atoms. The minimum absolute atomic E-state index is 0. The van der Waals surface area contributed by atoms with Crippen molar-refractivity contribution in [2.45, 2.75) is 13.0 Å². The topological polar surface area (TPSA) is 24.5 Å². The van der Waals surface area contributed by atoms with Crippen LogP contribution in [0.2, 0.25) is 0 Å². The molecule has 1 unspecified atom stereocenters. The number of hydrogen-bond acceptors (Lipinski definition) is 3. The molecule has 0 saturated carbocycles. The number of halogens is 2. The summed E-state index contributed by atoms with van der Waals surface area (Å²) in [7, 11) is 0. The van der Waals surface area contributed by atoms with E-state index in [1.54, 1.807) is 0 Å². The lowest BCUT2D eigenvalue weighted by molar-refractivity contribution is 0.132. The fourth-order valence-electron chi connectivity index (χ4n) is 2.70. The number of fused-ring (bicyclic) bond motifs is 1. The van der Waals surface area contributed by atoms with Crippen molar-refractivity contribution in [3.05, 3.63) is 42.5 Å². The summed E-state index contributed by atoms with van der Waals surface area (Å²) >= 11 is 0. The highest BCUT2D eigenvalue weighted by Gasteiger charge is 2.16. The molecule has 0 spiro atoms. The molecule has 1 aliphatic rings. The molecule has 122 valence electrons. The van der Waals surface area contributed by atoms with Gasteiger partial charge in [0.1, 0.15) is 12.4 Å². The molecule has 3 rings (SSSR count). The maximum Gasteiger partial charge on any atom is 0.120 e. The molecule has 0 radical (unpaired) electrons. The zero-order valence-electron chi connectivity index (χ0n) is 12.8. The van der Waals surface area contributed by atoms with E-state index in [9.17, 15) is 0 Å². The van der Waals surface area contributed by atoms with Crippen LogP contribution in [0.1, 0.15) is 6.92 Å². The van der Waals surface area contributed by atoms with Crippen molar-refractivity contribution < 1.29 is 4.74 Å². The van der Waals surface area contributed by atoms with Crippen molar-refractivity contribution in [1.29, 1.82) is 0 Å². The Bertz CT molecular complexity index is 573. The zero-order chi connectivity index (χ0) is 13.8. The Morgan fingerprint density at radius 1 is 1.05 bits per heavy atom. The number of hydrogen-bond donors (Lipinski definition) is 1. The number of nitrogens with one attached hydrogen (secondary N) is 1. The Balaban J connectivity index is 0.00000121. The number of rotatable bonds is 4. The van der Waals surface area contributed by atoms with Gasteiger partial charge < -0.3 is 10.1 Å². The van der Waals surface area contributed by atoms with Crippen LogP contribution in [0.5, 0.6) is 5.75 Å². The summed E-state index contributed by atoms with van der Waals surface area (Å²) in [5.41, 5.74) is 0. The molecule has 0 aromatic heterocycles. The Hall–Kier alpha value is -1.00. The maximum atomic E-state index is 5.97. The van der Waals surface area contributed by atoms with Gasteiger partial charge in [0.05, 0.1) is 0 Å². The molecule has 1 N–H and O–H groups in total. The fourth-order valence-corrected chi connectivity index (χ4v) is 2.70. The van der Waals surface area contributed by atoms with Crippen molar-refractivity contribution in [2.24, 2.45) is 0 Å². The second kappa shape index (κ2) is 9.21. The van der Waals surface area contributed by atoms with Crippen molar-refractivity contribution in [2.75, 3.05) is 32.8 Å². The van der Waals surface area contributed by atoms with Gasteiger partial charge >= 0.3 is 0 Å². The van der Waals surface area contributed by atoms with Crippen LogP contribution in [-0.4, -0.2) is 43.7 Å². The van der Waals surface area contributed by atoms with Crippen LogP contribution in [0.25, 0.3) is 10.8 Å². The summed E-state index contributed by atoms with van der Waals surface area (Å²) in [5.74, 6) is 0.964. The predicted molar refractivity (Wildman–Crippen MR) is 97.8 cm³/mol. The van der Waals surface area contributed by atoms with Crippen molar-refractivity contribution in [3.63, 3.8) is 0 Å². The quantitative estimate of drug-likeness (QED) is 0.921. The van der Waals surface area contributed by atoms with Gasteiger partial charge in [0.15, 0.2) is 0 Å². The van der Waals surface area contributed by atoms with Crippen molar-refractivity contribution in [3.8, 4) is 5.75 Å². The third-order valence-electron chi connectivity index (χ3n) is 3.99. The SMILES string of the molecule is CC(COc1ccc2ccccc2c1)N1CCNCC1.Cl.Cl. The molecule has 1 saturated heterocycles. The van der Waals surface area contributed by atoms with E-state index in [2.05, 4.69) is 59.6 Å². The van der Waals surface area contributed by atoms with Crippen LogP contribution in [0.3, 0.4) is 0 Å². The Kier molecular flexibility index (Phi) is 7.97. The molecule has 1 fully saturated rings. The highest BCUT2D eigenvalue weighted by atomic mass is 35.5.